The molecule has 0 aromatic heterocycles. The molecule has 9 nitrogen and oxygen atoms in total. The van der Waals surface area contributed by atoms with E-state index in [1.807, 2.05) is 30.3 Å². The van der Waals surface area contributed by atoms with E-state index in [2.05, 4.69) is 14.8 Å². The monoisotopic (exact) mass is 407 g/mol. The van der Waals surface area contributed by atoms with Gasteiger partial charge in [-0.2, -0.15) is 0 Å². The van der Waals surface area contributed by atoms with Crippen molar-refractivity contribution in [2.45, 2.75) is 69.9 Å². The van der Waals surface area contributed by atoms with Crippen LogP contribution in [0.15, 0.2) is 35.4 Å². The van der Waals surface area contributed by atoms with Gasteiger partial charge < -0.3 is 24.1 Å². The van der Waals surface area contributed by atoms with E-state index >= 15 is 0 Å². The summed E-state index contributed by atoms with van der Waals surface area (Å²) in [6.45, 7) is 2.40. The molecule has 1 aliphatic rings. The first kappa shape index (κ1) is 23.1. The van der Waals surface area contributed by atoms with E-state index in [0.717, 1.165) is 12.0 Å². The van der Waals surface area contributed by atoms with Crippen molar-refractivity contribution in [3.8, 4) is 0 Å². The van der Waals surface area contributed by atoms with Crippen molar-refractivity contribution in [2.75, 3.05) is 13.7 Å². The van der Waals surface area contributed by atoms with E-state index in [1.54, 1.807) is 6.92 Å². The number of rotatable bonds is 11. The average molecular weight is 407 g/mol. The standard InChI is InChI=1S/C20H29N3O6/c1-14-17(22-23-21)19(28-13-15-9-5-3-6-10-15)18(25)20(29-14)27-12-8-4-7-11-16(24)26-2/h3,5-6,9-10,14,17-20,25H,4,7-8,11-13H2,1-2H3/t14?,17?,18?,19?,20-/m0/s1. The van der Waals surface area contributed by atoms with Gasteiger partial charge in [-0.1, -0.05) is 41.9 Å². The first-order valence-corrected chi connectivity index (χ1v) is 9.78. The van der Waals surface area contributed by atoms with Gasteiger partial charge in [0.25, 0.3) is 0 Å². The van der Waals surface area contributed by atoms with Gasteiger partial charge in [0.15, 0.2) is 6.29 Å². The Hall–Kier alpha value is -2.16. The highest BCUT2D eigenvalue weighted by atomic mass is 16.7. The van der Waals surface area contributed by atoms with Crippen molar-refractivity contribution in [3.63, 3.8) is 0 Å². The highest BCUT2D eigenvalue weighted by molar-refractivity contribution is 5.68. The third kappa shape index (κ3) is 7.30. The molecule has 0 amide bonds. The number of aliphatic hydroxyl groups excluding tert-OH is 1. The number of unbranched alkanes of at least 4 members (excludes halogenated alkanes) is 2. The summed E-state index contributed by atoms with van der Waals surface area (Å²) in [7, 11) is 1.37. The molecule has 1 aromatic rings. The van der Waals surface area contributed by atoms with Gasteiger partial charge in [0, 0.05) is 17.9 Å². The second-order valence-corrected chi connectivity index (χ2v) is 6.91. The molecule has 0 bridgehead atoms. The molecule has 5 atom stereocenters. The normalized spacial score (nSPS) is 26.5. The maximum absolute atomic E-state index is 11.1. The van der Waals surface area contributed by atoms with Crippen molar-refractivity contribution in [3.05, 3.63) is 46.3 Å². The number of esters is 1. The summed E-state index contributed by atoms with van der Waals surface area (Å²) in [5.74, 6) is -0.228. The Balaban J connectivity index is 1.88. The van der Waals surface area contributed by atoms with Gasteiger partial charge in [-0.05, 0) is 30.9 Å². The number of nitrogens with zero attached hydrogens (tertiary/aromatic N) is 3. The number of carbonyl (C=O) groups is 1. The number of aliphatic hydroxyl groups is 1. The molecule has 2 rings (SSSR count). The fourth-order valence-electron chi connectivity index (χ4n) is 3.17. The maximum atomic E-state index is 11.1. The van der Waals surface area contributed by atoms with Crippen LogP contribution >= 0.6 is 0 Å². The molecular weight excluding hydrogens is 378 g/mol. The van der Waals surface area contributed by atoms with Gasteiger partial charge in [0.2, 0.25) is 0 Å². The van der Waals surface area contributed by atoms with Crippen molar-refractivity contribution in [1.82, 2.24) is 0 Å². The maximum Gasteiger partial charge on any atom is 0.305 e. The molecule has 9 heteroatoms. The van der Waals surface area contributed by atoms with Crippen molar-refractivity contribution >= 4 is 5.97 Å². The van der Waals surface area contributed by atoms with Crippen LogP contribution in [0.4, 0.5) is 0 Å². The van der Waals surface area contributed by atoms with Crippen LogP contribution in [0.5, 0.6) is 0 Å². The number of ether oxygens (including phenoxy) is 4. The lowest BCUT2D eigenvalue weighted by Gasteiger charge is -2.41. The third-order valence-corrected chi connectivity index (χ3v) is 4.79. The average Bonchev–Trinajstić information content (AvgIpc) is 2.74. The molecule has 0 aliphatic carbocycles. The number of hydrogen-bond donors (Lipinski definition) is 1. The molecule has 29 heavy (non-hydrogen) atoms. The topological polar surface area (TPSA) is 123 Å². The van der Waals surface area contributed by atoms with Crippen molar-refractivity contribution < 1.29 is 28.8 Å². The fourth-order valence-corrected chi connectivity index (χ4v) is 3.17. The molecular formula is C20H29N3O6. The van der Waals surface area contributed by atoms with E-state index in [9.17, 15) is 9.90 Å². The van der Waals surface area contributed by atoms with E-state index in [1.165, 1.54) is 7.11 Å². The molecule has 0 spiro atoms. The SMILES string of the molecule is COC(=O)CCCCCO[C@H]1OC(C)C(N=[N+]=[N-])C(OCc2ccccc2)C1O. The summed E-state index contributed by atoms with van der Waals surface area (Å²) in [6.07, 6.45) is -0.604. The van der Waals surface area contributed by atoms with Crippen LogP contribution in [0.2, 0.25) is 0 Å². The van der Waals surface area contributed by atoms with Gasteiger partial charge in [0.1, 0.15) is 6.10 Å². The molecule has 0 saturated carbocycles. The first-order chi connectivity index (χ1) is 14.1. The van der Waals surface area contributed by atoms with Crippen molar-refractivity contribution in [1.29, 1.82) is 0 Å². The van der Waals surface area contributed by atoms with E-state index in [-0.39, 0.29) is 12.6 Å². The molecule has 1 aromatic carbocycles. The summed E-state index contributed by atoms with van der Waals surface area (Å²) in [5, 5.41) is 14.5. The fraction of sp³-hybridized carbons (Fsp3) is 0.650. The van der Waals surface area contributed by atoms with Crippen LogP contribution < -0.4 is 0 Å². The van der Waals surface area contributed by atoms with Crippen LogP contribution in [-0.2, 0) is 30.3 Å². The van der Waals surface area contributed by atoms with Crippen LogP contribution in [0.25, 0.3) is 10.4 Å². The Kier molecular flexibility index (Phi) is 9.90. The Morgan fingerprint density at radius 2 is 2.00 bits per heavy atom. The zero-order valence-corrected chi connectivity index (χ0v) is 16.8. The first-order valence-electron chi connectivity index (χ1n) is 9.78. The molecule has 1 heterocycles. The van der Waals surface area contributed by atoms with Gasteiger partial charge in [-0.3, -0.25) is 4.79 Å². The quantitative estimate of drug-likeness (QED) is 0.198. The van der Waals surface area contributed by atoms with Gasteiger partial charge in [-0.25, -0.2) is 0 Å². The molecule has 160 valence electrons. The Morgan fingerprint density at radius 3 is 2.69 bits per heavy atom. The molecule has 1 saturated heterocycles. The van der Waals surface area contributed by atoms with Crippen molar-refractivity contribution in [2.24, 2.45) is 5.11 Å². The predicted octanol–water partition coefficient (Wildman–Crippen LogP) is 3.11. The highest BCUT2D eigenvalue weighted by Gasteiger charge is 2.44. The number of azide groups is 1. The summed E-state index contributed by atoms with van der Waals surface area (Å²) < 4.78 is 21.9. The van der Waals surface area contributed by atoms with Gasteiger partial charge in [-0.15, -0.1) is 0 Å². The molecule has 1 N–H and O–H groups in total. The Labute approximate surface area is 170 Å². The van der Waals surface area contributed by atoms with E-state index in [0.29, 0.717) is 25.9 Å². The minimum Gasteiger partial charge on any atom is -0.469 e. The minimum absolute atomic E-state index is 0.228. The lowest BCUT2D eigenvalue weighted by molar-refractivity contribution is -0.277. The largest absolute Gasteiger partial charge is 0.469 e. The molecule has 4 unspecified atom stereocenters. The smallest absolute Gasteiger partial charge is 0.305 e. The summed E-state index contributed by atoms with van der Waals surface area (Å²) in [6, 6.07) is 8.88. The van der Waals surface area contributed by atoms with Gasteiger partial charge in [0.05, 0.1) is 32.0 Å². The van der Waals surface area contributed by atoms with Crippen LogP contribution in [0.1, 0.15) is 38.2 Å². The zero-order chi connectivity index (χ0) is 21.1. The number of benzene rings is 1. The van der Waals surface area contributed by atoms with Crippen LogP contribution in [-0.4, -0.2) is 55.4 Å². The summed E-state index contributed by atoms with van der Waals surface area (Å²) in [4.78, 5) is 14.0. The summed E-state index contributed by atoms with van der Waals surface area (Å²) >= 11 is 0. The van der Waals surface area contributed by atoms with Crippen LogP contribution in [0.3, 0.4) is 0 Å². The number of hydrogen-bond acceptors (Lipinski definition) is 7. The Morgan fingerprint density at radius 1 is 1.24 bits per heavy atom. The second-order valence-electron chi connectivity index (χ2n) is 6.91. The predicted molar refractivity (Wildman–Crippen MR) is 105 cm³/mol. The molecule has 0 radical (unpaired) electrons. The number of methoxy groups -OCH3 is 1. The summed E-state index contributed by atoms with van der Waals surface area (Å²) in [5.41, 5.74) is 9.82. The van der Waals surface area contributed by atoms with Gasteiger partial charge >= 0.3 is 5.97 Å². The van der Waals surface area contributed by atoms with E-state index in [4.69, 9.17) is 19.7 Å². The second kappa shape index (κ2) is 12.4. The zero-order valence-electron chi connectivity index (χ0n) is 16.8. The lowest BCUT2D eigenvalue weighted by atomic mass is 9.97. The number of carbonyl (C=O) groups excluding carboxylic acids is 1. The van der Waals surface area contributed by atoms with E-state index < -0.39 is 30.6 Å². The molecule has 1 fully saturated rings. The minimum atomic E-state index is -1.10. The van der Waals surface area contributed by atoms with Crippen LogP contribution in [0, 0.1) is 0 Å². The highest BCUT2D eigenvalue weighted by Crippen LogP contribution is 2.27. The lowest BCUT2D eigenvalue weighted by Crippen LogP contribution is -2.57. The Bertz CT molecular complexity index is 667. The third-order valence-electron chi connectivity index (χ3n) is 4.79. The molecule has 1 aliphatic heterocycles.